The number of aromatic nitrogens is 2. The van der Waals surface area contributed by atoms with Gasteiger partial charge in [-0.15, -0.1) is 0 Å². The molecule has 5 nitrogen and oxygen atoms in total. The van der Waals surface area contributed by atoms with Crippen LogP contribution in [0.4, 0.5) is 0 Å². The number of H-pyrrole nitrogens is 1. The molecule has 1 amide bonds. The number of piperidine rings is 1. The van der Waals surface area contributed by atoms with Gasteiger partial charge in [0.25, 0.3) is 5.91 Å². The minimum atomic E-state index is 0.126. The average molecular weight is 361 g/mol. The van der Waals surface area contributed by atoms with Crippen molar-refractivity contribution in [2.75, 3.05) is 13.7 Å². The number of rotatable bonds is 2. The summed E-state index contributed by atoms with van der Waals surface area (Å²) in [6, 6.07) is 12.4. The second-order valence-corrected chi connectivity index (χ2v) is 7.52. The van der Waals surface area contributed by atoms with Crippen molar-refractivity contribution in [2.45, 2.75) is 37.6 Å². The SMILES string of the molecule is COc1cccc2c1CC[C@@H]1[C@@H]2CCCN1C(=O)c1ccc2[nH]cnc2c1. The first-order chi connectivity index (χ1) is 13.3. The maximum atomic E-state index is 13.3. The third-order valence-corrected chi connectivity index (χ3v) is 6.19. The van der Waals surface area contributed by atoms with Crippen LogP contribution >= 0.6 is 0 Å². The highest BCUT2D eigenvalue weighted by Gasteiger charge is 2.39. The molecule has 0 saturated carbocycles. The molecule has 5 heteroatoms. The van der Waals surface area contributed by atoms with Gasteiger partial charge in [-0.05, 0) is 61.1 Å². The summed E-state index contributed by atoms with van der Waals surface area (Å²) in [5.41, 5.74) is 5.22. The van der Waals surface area contributed by atoms with Crippen molar-refractivity contribution in [3.8, 4) is 5.75 Å². The molecule has 1 saturated heterocycles. The summed E-state index contributed by atoms with van der Waals surface area (Å²) in [6.45, 7) is 0.831. The Morgan fingerprint density at radius 1 is 1.26 bits per heavy atom. The maximum Gasteiger partial charge on any atom is 0.254 e. The summed E-state index contributed by atoms with van der Waals surface area (Å²) in [6.07, 6.45) is 5.79. The van der Waals surface area contributed by atoms with Crippen LogP contribution in [0.2, 0.25) is 0 Å². The fourth-order valence-corrected chi connectivity index (χ4v) is 4.94. The normalized spacial score (nSPS) is 21.6. The molecule has 2 aromatic carbocycles. The van der Waals surface area contributed by atoms with Gasteiger partial charge in [0.15, 0.2) is 0 Å². The van der Waals surface area contributed by atoms with Crippen molar-refractivity contribution >= 4 is 16.9 Å². The lowest BCUT2D eigenvalue weighted by Crippen LogP contribution is -2.49. The zero-order valence-corrected chi connectivity index (χ0v) is 15.4. The predicted octanol–water partition coefficient (Wildman–Crippen LogP) is 3.91. The summed E-state index contributed by atoms with van der Waals surface area (Å²) in [5.74, 6) is 1.51. The van der Waals surface area contributed by atoms with Gasteiger partial charge in [0, 0.05) is 24.1 Å². The Morgan fingerprint density at radius 3 is 3.07 bits per heavy atom. The monoisotopic (exact) mass is 361 g/mol. The molecule has 1 N–H and O–H groups in total. The number of nitrogens with one attached hydrogen (secondary N) is 1. The molecule has 2 aliphatic rings. The summed E-state index contributed by atoms with van der Waals surface area (Å²) in [5, 5.41) is 0. The van der Waals surface area contributed by atoms with Crippen LogP contribution in [0.25, 0.3) is 11.0 Å². The molecule has 0 unspecified atom stereocenters. The van der Waals surface area contributed by atoms with Crippen molar-refractivity contribution in [2.24, 2.45) is 0 Å². The second kappa shape index (κ2) is 6.41. The van der Waals surface area contributed by atoms with Crippen LogP contribution in [-0.2, 0) is 6.42 Å². The summed E-state index contributed by atoms with van der Waals surface area (Å²) < 4.78 is 5.58. The van der Waals surface area contributed by atoms with Crippen LogP contribution in [0.15, 0.2) is 42.7 Å². The van der Waals surface area contributed by atoms with E-state index in [0.717, 1.165) is 54.6 Å². The van der Waals surface area contributed by atoms with E-state index < -0.39 is 0 Å². The van der Waals surface area contributed by atoms with Crippen LogP contribution in [-0.4, -0.2) is 40.5 Å². The number of fused-ring (bicyclic) bond motifs is 4. The van der Waals surface area contributed by atoms with E-state index >= 15 is 0 Å². The summed E-state index contributed by atoms with van der Waals surface area (Å²) in [7, 11) is 1.74. The predicted molar refractivity (Wildman–Crippen MR) is 104 cm³/mol. The zero-order chi connectivity index (χ0) is 18.4. The van der Waals surface area contributed by atoms with Gasteiger partial charge in [-0.1, -0.05) is 12.1 Å². The molecule has 3 aromatic rings. The fourth-order valence-electron chi connectivity index (χ4n) is 4.94. The van der Waals surface area contributed by atoms with Gasteiger partial charge in [-0.2, -0.15) is 0 Å². The van der Waals surface area contributed by atoms with Gasteiger partial charge in [-0.3, -0.25) is 4.79 Å². The third kappa shape index (κ3) is 2.60. The molecule has 1 aliphatic carbocycles. The molecule has 1 aromatic heterocycles. The second-order valence-electron chi connectivity index (χ2n) is 7.52. The lowest BCUT2D eigenvalue weighted by atomic mass is 9.74. The van der Waals surface area contributed by atoms with Crippen LogP contribution in [0.5, 0.6) is 5.75 Å². The molecular formula is C22H23N3O2. The van der Waals surface area contributed by atoms with Crippen LogP contribution < -0.4 is 4.74 Å². The zero-order valence-electron chi connectivity index (χ0n) is 15.4. The van der Waals surface area contributed by atoms with Gasteiger partial charge in [0.05, 0.1) is 24.5 Å². The van der Waals surface area contributed by atoms with Crippen molar-refractivity contribution in [3.63, 3.8) is 0 Å². The highest BCUT2D eigenvalue weighted by molar-refractivity contribution is 5.97. The lowest BCUT2D eigenvalue weighted by molar-refractivity contribution is 0.0546. The van der Waals surface area contributed by atoms with Crippen molar-refractivity contribution in [3.05, 3.63) is 59.4 Å². The molecule has 1 aliphatic heterocycles. The minimum Gasteiger partial charge on any atom is -0.496 e. The Kier molecular flexibility index (Phi) is 3.88. The van der Waals surface area contributed by atoms with E-state index in [1.54, 1.807) is 13.4 Å². The van der Waals surface area contributed by atoms with E-state index in [1.807, 2.05) is 24.3 Å². The Morgan fingerprint density at radius 2 is 2.19 bits per heavy atom. The minimum absolute atomic E-state index is 0.126. The Labute approximate surface area is 158 Å². The van der Waals surface area contributed by atoms with Crippen LogP contribution in [0.1, 0.15) is 46.7 Å². The maximum absolute atomic E-state index is 13.3. The largest absolute Gasteiger partial charge is 0.496 e. The number of hydrogen-bond donors (Lipinski definition) is 1. The molecule has 0 bridgehead atoms. The van der Waals surface area contributed by atoms with E-state index in [-0.39, 0.29) is 11.9 Å². The molecule has 1 fully saturated rings. The highest BCUT2D eigenvalue weighted by Crippen LogP contribution is 2.43. The van der Waals surface area contributed by atoms with E-state index in [4.69, 9.17) is 4.74 Å². The first kappa shape index (κ1) is 16.4. The van der Waals surface area contributed by atoms with E-state index in [1.165, 1.54) is 11.1 Å². The molecular weight excluding hydrogens is 338 g/mol. The van der Waals surface area contributed by atoms with Gasteiger partial charge in [-0.25, -0.2) is 4.98 Å². The highest BCUT2D eigenvalue weighted by atomic mass is 16.5. The summed E-state index contributed by atoms with van der Waals surface area (Å²) in [4.78, 5) is 22.8. The van der Waals surface area contributed by atoms with Crippen molar-refractivity contribution < 1.29 is 9.53 Å². The number of ether oxygens (including phenoxy) is 1. The standard InChI is InChI=1S/C22H23N3O2/c1-27-21-6-2-4-15-16-5-3-11-25(20(16)10-8-17(15)21)22(26)14-7-9-18-19(12-14)24-13-23-18/h2,4,6-7,9,12-13,16,20H,3,5,8,10-11H2,1H3,(H,23,24)/t16-,20-/m1/s1. The smallest absolute Gasteiger partial charge is 0.254 e. The topological polar surface area (TPSA) is 58.2 Å². The Bertz CT molecular complexity index is 1010. The van der Waals surface area contributed by atoms with E-state index in [0.29, 0.717) is 5.92 Å². The molecule has 2 heterocycles. The van der Waals surface area contributed by atoms with E-state index in [9.17, 15) is 4.79 Å². The number of imidazole rings is 1. The molecule has 0 radical (unpaired) electrons. The van der Waals surface area contributed by atoms with Crippen molar-refractivity contribution in [1.82, 2.24) is 14.9 Å². The fraction of sp³-hybridized carbons (Fsp3) is 0.364. The van der Waals surface area contributed by atoms with Crippen LogP contribution in [0.3, 0.4) is 0 Å². The summed E-state index contributed by atoms with van der Waals surface area (Å²) >= 11 is 0. The molecule has 5 rings (SSSR count). The molecule has 27 heavy (non-hydrogen) atoms. The number of nitrogens with zero attached hydrogens (tertiary/aromatic N) is 2. The quantitative estimate of drug-likeness (QED) is 0.753. The molecule has 138 valence electrons. The third-order valence-electron chi connectivity index (χ3n) is 6.19. The number of aromatic amines is 1. The number of benzene rings is 2. The number of likely N-dealkylation sites (tertiary alicyclic amines) is 1. The lowest BCUT2D eigenvalue weighted by Gasteiger charge is -2.45. The number of carbonyl (C=O) groups excluding carboxylic acids is 1. The first-order valence-corrected chi connectivity index (χ1v) is 9.66. The average Bonchev–Trinajstić information content (AvgIpc) is 3.20. The van der Waals surface area contributed by atoms with Gasteiger partial charge >= 0.3 is 0 Å². The van der Waals surface area contributed by atoms with Crippen LogP contribution in [0, 0.1) is 0 Å². The van der Waals surface area contributed by atoms with Gasteiger partial charge in [0.2, 0.25) is 0 Å². The Hall–Kier alpha value is -2.82. The number of amides is 1. The first-order valence-electron chi connectivity index (χ1n) is 9.66. The number of carbonyl (C=O) groups is 1. The van der Waals surface area contributed by atoms with Gasteiger partial charge < -0.3 is 14.6 Å². The Balaban J connectivity index is 1.48. The molecule has 0 spiro atoms. The molecule has 2 atom stereocenters. The van der Waals surface area contributed by atoms with Gasteiger partial charge in [0.1, 0.15) is 5.75 Å². The van der Waals surface area contributed by atoms with E-state index in [2.05, 4.69) is 27.0 Å². The number of methoxy groups -OCH3 is 1. The number of hydrogen-bond acceptors (Lipinski definition) is 3. The van der Waals surface area contributed by atoms with Crippen molar-refractivity contribution in [1.29, 1.82) is 0 Å².